The zero-order chi connectivity index (χ0) is 21.8. The molecule has 0 spiro atoms. The molecule has 0 saturated carbocycles. The van der Waals surface area contributed by atoms with Gasteiger partial charge < -0.3 is 15.2 Å². The number of phenolic OH excluding ortho intramolecular Hbond substituents is 1. The van der Waals surface area contributed by atoms with E-state index in [1.165, 1.54) is 12.1 Å². The number of hydrogen-bond donors (Lipinski definition) is 2. The molecule has 0 radical (unpaired) electrons. The normalized spacial score (nSPS) is 11.6. The number of hydrogen-bond acceptors (Lipinski definition) is 4. The molecule has 1 aliphatic carbocycles. The number of ether oxygens (including phenoxy) is 1. The Morgan fingerprint density at radius 1 is 1.10 bits per heavy atom. The summed E-state index contributed by atoms with van der Waals surface area (Å²) in [5.74, 6) is 5.15. The number of rotatable bonds is 4. The Labute approximate surface area is 184 Å². The number of alkyl carbamates (subject to hydrolysis) is 1. The van der Waals surface area contributed by atoms with Crippen LogP contribution in [0.5, 0.6) is 5.75 Å². The van der Waals surface area contributed by atoms with Crippen LogP contribution < -0.4 is 5.32 Å². The number of benzene rings is 3. The molecule has 0 saturated heterocycles. The molecule has 0 aromatic heterocycles. The van der Waals surface area contributed by atoms with Crippen LogP contribution >= 0.6 is 11.6 Å². The van der Waals surface area contributed by atoms with Gasteiger partial charge in [0.15, 0.2) is 6.29 Å². The van der Waals surface area contributed by atoms with Crippen molar-refractivity contribution in [1.29, 1.82) is 0 Å². The highest BCUT2D eigenvalue weighted by atomic mass is 35.5. The molecule has 3 aromatic carbocycles. The summed E-state index contributed by atoms with van der Waals surface area (Å²) < 4.78 is 5.44. The molecule has 6 heteroatoms. The fourth-order valence-corrected chi connectivity index (χ4v) is 3.94. The molecule has 1 aliphatic rings. The first-order valence-electron chi connectivity index (χ1n) is 9.64. The molecular weight excluding hydrogens is 414 g/mol. The van der Waals surface area contributed by atoms with E-state index < -0.39 is 6.09 Å². The molecule has 2 N–H and O–H groups in total. The molecule has 154 valence electrons. The van der Waals surface area contributed by atoms with Crippen molar-refractivity contribution < 1.29 is 19.4 Å². The summed E-state index contributed by atoms with van der Waals surface area (Å²) in [6.45, 7) is 0.226. The van der Waals surface area contributed by atoms with Crippen LogP contribution in [0.1, 0.15) is 33.0 Å². The van der Waals surface area contributed by atoms with Gasteiger partial charge in [-0.25, -0.2) is 4.79 Å². The molecule has 1 amide bonds. The Balaban J connectivity index is 1.37. The second kappa shape index (κ2) is 8.95. The minimum Gasteiger partial charge on any atom is -0.506 e. The van der Waals surface area contributed by atoms with Gasteiger partial charge in [-0.1, -0.05) is 72.0 Å². The number of carbonyl (C=O) groups is 2. The molecular formula is C25H18ClNO4. The highest BCUT2D eigenvalue weighted by Gasteiger charge is 2.28. The number of phenols is 1. The SMILES string of the molecule is O=Cc1cc(Cl)cc(C#CCNC(=O)OCC2c3ccccc3-c3ccccc32)c1O. The summed E-state index contributed by atoms with van der Waals surface area (Å²) in [4.78, 5) is 23.1. The van der Waals surface area contributed by atoms with Gasteiger partial charge in [0.2, 0.25) is 0 Å². The minimum absolute atomic E-state index is 0.0129. The van der Waals surface area contributed by atoms with Crippen LogP contribution in [0.15, 0.2) is 60.7 Å². The average Bonchev–Trinajstić information content (AvgIpc) is 3.11. The summed E-state index contributed by atoms with van der Waals surface area (Å²) >= 11 is 5.91. The number of amides is 1. The summed E-state index contributed by atoms with van der Waals surface area (Å²) in [7, 11) is 0. The van der Waals surface area contributed by atoms with E-state index in [0.717, 1.165) is 22.3 Å². The second-order valence-electron chi connectivity index (χ2n) is 6.99. The number of aldehydes is 1. The standard InChI is InChI=1S/C25H18ClNO4/c26-18-12-16(24(29)17(13-18)14-28)6-5-11-27-25(30)31-15-23-21-9-3-1-7-19(21)20-8-2-4-10-22(20)23/h1-4,7-10,12-14,23,29H,11,15H2,(H,27,30). The third-order valence-electron chi connectivity index (χ3n) is 5.12. The molecule has 0 fully saturated rings. The smallest absolute Gasteiger partial charge is 0.407 e. The van der Waals surface area contributed by atoms with Gasteiger partial charge in [-0.3, -0.25) is 4.79 Å². The van der Waals surface area contributed by atoms with E-state index in [1.807, 2.05) is 24.3 Å². The molecule has 5 nitrogen and oxygen atoms in total. The molecule has 0 atom stereocenters. The van der Waals surface area contributed by atoms with Crippen molar-refractivity contribution >= 4 is 24.0 Å². The highest BCUT2D eigenvalue weighted by molar-refractivity contribution is 6.31. The van der Waals surface area contributed by atoms with E-state index in [1.54, 1.807) is 0 Å². The summed E-state index contributed by atoms with van der Waals surface area (Å²) in [5, 5.41) is 12.8. The lowest BCUT2D eigenvalue weighted by Crippen LogP contribution is -2.26. The Hall–Kier alpha value is -3.75. The van der Waals surface area contributed by atoms with Gasteiger partial charge in [-0.05, 0) is 34.4 Å². The lowest BCUT2D eigenvalue weighted by molar-refractivity contribution is 0.112. The predicted octanol–water partition coefficient (Wildman–Crippen LogP) is 4.75. The van der Waals surface area contributed by atoms with Crippen molar-refractivity contribution in [2.75, 3.05) is 13.2 Å². The molecule has 4 rings (SSSR count). The topological polar surface area (TPSA) is 75.6 Å². The Morgan fingerprint density at radius 3 is 2.39 bits per heavy atom. The van der Waals surface area contributed by atoms with Gasteiger partial charge in [0, 0.05) is 10.9 Å². The third-order valence-corrected chi connectivity index (χ3v) is 5.34. The van der Waals surface area contributed by atoms with E-state index in [9.17, 15) is 14.7 Å². The number of aromatic hydroxyl groups is 1. The van der Waals surface area contributed by atoms with E-state index in [0.29, 0.717) is 6.29 Å². The van der Waals surface area contributed by atoms with Crippen molar-refractivity contribution in [3.8, 4) is 28.7 Å². The van der Waals surface area contributed by atoms with E-state index >= 15 is 0 Å². The Bertz CT molecular complexity index is 1180. The van der Waals surface area contributed by atoms with Crippen LogP contribution in [0.2, 0.25) is 5.02 Å². The Kier molecular flexibility index (Phi) is 5.92. The zero-order valence-electron chi connectivity index (χ0n) is 16.4. The lowest BCUT2D eigenvalue weighted by Gasteiger charge is -2.14. The number of carbonyl (C=O) groups excluding carboxylic acids is 2. The fourth-order valence-electron chi connectivity index (χ4n) is 3.71. The van der Waals surface area contributed by atoms with E-state index in [2.05, 4.69) is 41.4 Å². The largest absolute Gasteiger partial charge is 0.506 e. The monoisotopic (exact) mass is 431 g/mol. The maximum atomic E-state index is 12.1. The van der Waals surface area contributed by atoms with E-state index in [4.69, 9.17) is 16.3 Å². The summed E-state index contributed by atoms with van der Waals surface area (Å²) in [6, 6.07) is 19.0. The fraction of sp³-hybridized carbons (Fsp3) is 0.120. The first-order valence-corrected chi connectivity index (χ1v) is 10.0. The summed E-state index contributed by atoms with van der Waals surface area (Å²) in [5.41, 5.74) is 4.87. The van der Waals surface area contributed by atoms with Crippen molar-refractivity contribution in [2.24, 2.45) is 0 Å². The molecule has 0 aliphatic heterocycles. The van der Waals surface area contributed by atoms with Gasteiger partial charge in [-0.15, -0.1) is 0 Å². The van der Waals surface area contributed by atoms with Crippen LogP contribution in [0.25, 0.3) is 11.1 Å². The number of halogens is 1. The maximum absolute atomic E-state index is 12.1. The van der Waals surface area contributed by atoms with Crippen LogP contribution in [0.3, 0.4) is 0 Å². The second-order valence-corrected chi connectivity index (χ2v) is 7.43. The Morgan fingerprint density at radius 2 is 1.74 bits per heavy atom. The molecule has 31 heavy (non-hydrogen) atoms. The minimum atomic E-state index is -0.583. The van der Waals surface area contributed by atoms with Gasteiger partial charge in [0.25, 0.3) is 0 Å². The lowest BCUT2D eigenvalue weighted by atomic mass is 9.98. The van der Waals surface area contributed by atoms with Gasteiger partial charge in [-0.2, -0.15) is 0 Å². The number of nitrogens with one attached hydrogen (secondary N) is 1. The van der Waals surface area contributed by atoms with E-state index in [-0.39, 0.29) is 41.0 Å². The van der Waals surface area contributed by atoms with Crippen molar-refractivity contribution in [3.05, 3.63) is 87.9 Å². The highest BCUT2D eigenvalue weighted by Crippen LogP contribution is 2.44. The van der Waals surface area contributed by atoms with Crippen LogP contribution in [-0.4, -0.2) is 30.6 Å². The van der Waals surface area contributed by atoms with Gasteiger partial charge in [0.1, 0.15) is 12.4 Å². The molecule has 0 heterocycles. The molecule has 0 unspecified atom stereocenters. The van der Waals surface area contributed by atoms with Crippen molar-refractivity contribution in [1.82, 2.24) is 5.32 Å². The predicted molar refractivity (Wildman–Crippen MR) is 118 cm³/mol. The van der Waals surface area contributed by atoms with Gasteiger partial charge in [0.05, 0.1) is 17.7 Å². The average molecular weight is 432 g/mol. The van der Waals surface area contributed by atoms with Crippen molar-refractivity contribution in [2.45, 2.75) is 5.92 Å². The first kappa shape index (κ1) is 20.5. The van der Waals surface area contributed by atoms with Gasteiger partial charge >= 0.3 is 6.09 Å². The zero-order valence-corrected chi connectivity index (χ0v) is 17.1. The molecule has 0 bridgehead atoms. The quantitative estimate of drug-likeness (QED) is 0.462. The maximum Gasteiger partial charge on any atom is 0.407 e. The van der Waals surface area contributed by atoms with Crippen LogP contribution in [-0.2, 0) is 4.74 Å². The third kappa shape index (κ3) is 4.25. The number of fused-ring (bicyclic) bond motifs is 3. The van der Waals surface area contributed by atoms with Crippen LogP contribution in [0, 0.1) is 11.8 Å². The first-order chi connectivity index (χ1) is 15.1. The molecule has 3 aromatic rings. The van der Waals surface area contributed by atoms with Crippen LogP contribution in [0.4, 0.5) is 4.79 Å². The van der Waals surface area contributed by atoms with Crippen molar-refractivity contribution in [3.63, 3.8) is 0 Å². The summed E-state index contributed by atoms with van der Waals surface area (Å²) in [6.07, 6.45) is -0.0820.